The number of benzene rings is 2. The molecule has 2 amide bonds. The quantitative estimate of drug-likeness (QED) is 0.187. The van der Waals surface area contributed by atoms with Crippen molar-refractivity contribution >= 4 is 29.6 Å². The highest BCUT2D eigenvalue weighted by atomic mass is 19.4. The molecule has 0 unspecified atom stereocenters. The van der Waals surface area contributed by atoms with E-state index < -0.39 is 30.3 Å². The van der Waals surface area contributed by atoms with Gasteiger partial charge >= 0.3 is 24.3 Å². The number of aliphatic carboxylic acids is 2. The van der Waals surface area contributed by atoms with Crippen LogP contribution in [0.5, 0.6) is 0 Å². The monoisotopic (exact) mass is 699 g/mol. The zero-order valence-corrected chi connectivity index (χ0v) is 26.2. The summed E-state index contributed by atoms with van der Waals surface area (Å²) in [6.07, 6.45) is -8.54. The Kier molecular flexibility index (Phi) is 14.5. The fourth-order valence-corrected chi connectivity index (χ4v) is 4.58. The van der Waals surface area contributed by atoms with E-state index in [0.29, 0.717) is 18.3 Å². The molecule has 4 rings (SSSR count). The number of hydrogen-bond acceptors (Lipinski definition) is 7. The molecule has 0 saturated carbocycles. The number of anilines is 1. The number of halogens is 6. The molecule has 2 heterocycles. The Morgan fingerprint density at radius 1 is 0.898 bits per heavy atom. The number of hydrogen-bond donors (Lipinski definition) is 6. The molecule has 0 spiro atoms. The summed E-state index contributed by atoms with van der Waals surface area (Å²) in [5.74, 6) is -5.09. The minimum Gasteiger partial charge on any atom is -0.475 e. The normalized spacial score (nSPS) is 16.2. The van der Waals surface area contributed by atoms with Crippen LogP contribution >= 0.6 is 0 Å². The zero-order chi connectivity index (χ0) is 36.9. The molecule has 0 aliphatic carbocycles. The summed E-state index contributed by atoms with van der Waals surface area (Å²) in [4.78, 5) is 47.4. The van der Waals surface area contributed by atoms with E-state index in [1.807, 2.05) is 19.1 Å². The van der Waals surface area contributed by atoms with Gasteiger partial charge in [0.15, 0.2) is 0 Å². The average Bonchev–Trinajstić information content (AvgIpc) is 3.49. The van der Waals surface area contributed by atoms with Crippen molar-refractivity contribution in [3.63, 3.8) is 0 Å². The highest BCUT2D eigenvalue weighted by molar-refractivity contribution is 5.89. The first-order valence-corrected chi connectivity index (χ1v) is 14.6. The first kappa shape index (κ1) is 40.0. The van der Waals surface area contributed by atoms with Gasteiger partial charge in [0.05, 0.1) is 6.04 Å². The molecule has 2 aromatic carbocycles. The van der Waals surface area contributed by atoms with Gasteiger partial charge in [0, 0.05) is 12.2 Å². The predicted octanol–water partition coefficient (Wildman–Crippen LogP) is 4.25. The first-order valence-electron chi connectivity index (χ1n) is 14.6. The lowest BCUT2D eigenvalue weighted by atomic mass is 9.91. The van der Waals surface area contributed by atoms with E-state index in [2.05, 4.69) is 69.5 Å². The number of nitrogens with zero attached hydrogens (tertiary/aromatic N) is 1. The van der Waals surface area contributed by atoms with Crippen LogP contribution in [0.25, 0.3) is 11.1 Å². The highest BCUT2D eigenvalue weighted by Crippen LogP contribution is 2.28. The molecule has 0 radical (unpaired) electrons. The number of carbonyl (C=O) groups excluding carboxylic acids is 2. The third-order valence-electron chi connectivity index (χ3n) is 7.06. The number of carbonyl (C=O) groups is 4. The summed E-state index contributed by atoms with van der Waals surface area (Å²) < 4.78 is 63.5. The SMILES string of the molecule is Cc1nc(N)ccc1CNC(=O)[C@H](C)NC(=O)[C@H]1C[C@H](Cc2ccccc2-c2ccccc2)CN1.O=C(O)C(F)(F)F.O=C(O)C(F)(F)F. The second-order valence-electron chi connectivity index (χ2n) is 10.8. The minimum atomic E-state index is -5.08. The van der Waals surface area contributed by atoms with Crippen molar-refractivity contribution in [1.82, 2.24) is 20.9 Å². The Bertz CT molecular complexity index is 1560. The predicted molar refractivity (Wildman–Crippen MR) is 166 cm³/mol. The topological polar surface area (TPSA) is 184 Å². The number of rotatable bonds is 8. The van der Waals surface area contributed by atoms with Gasteiger partial charge in [-0.15, -0.1) is 0 Å². The molecule has 1 aliphatic heterocycles. The average molecular weight is 700 g/mol. The second kappa shape index (κ2) is 17.8. The van der Waals surface area contributed by atoms with Crippen molar-refractivity contribution in [3.8, 4) is 11.1 Å². The number of aromatic nitrogens is 1. The maximum absolute atomic E-state index is 12.8. The molecule has 3 atom stereocenters. The van der Waals surface area contributed by atoms with Gasteiger partial charge in [0.25, 0.3) is 0 Å². The van der Waals surface area contributed by atoms with E-state index in [-0.39, 0.29) is 17.9 Å². The maximum Gasteiger partial charge on any atom is 0.490 e. The van der Waals surface area contributed by atoms with Crippen LogP contribution < -0.4 is 21.7 Å². The van der Waals surface area contributed by atoms with Crippen molar-refractivity contribution in [2.75, 3.05) is 12.3 Å². The number of nitrogens with one attached hydrogen (secondary N) is 3. The Labute approximate surface area is 276 Å². The minimum absolute atomic E-state index is 0.142. The van der Waals surface area contributed by atoms with Gasteiger partial charge in [-0.1, -0.05) is 60.7 Å². The molecular weight excluding hydrogens is 664 g/mol. The van der Waals surface area contributed by atoms with Crippen LogP contribution in [0.1, 0.15) is 30.2 Å². The van der Waals surface area contributed by atoms with Crippen LogP contribution in [-0.2, 0) is 32.1 Å². The third kappa shape index (κ3) is 13.4. The molecule has 1 aliphatic rings. The number of carboxylic acid groups (broad SMARTS) is 2. The van der Waals surface area contributed by atoms with Gasteiger partial charge in [0.2, 0.25) is 11.8 Å². The van der Waals surface area contributed by atoms with E-state index >= 15 is 0 Å². The highest BCUT2D eigenvalue weighted by Gasteiger charge is 2.39. The standard InChI is InChI=1S/C28H33N5O2.2C2HF3O2/c1-18-23(12-13-26(29)32-18)17-31-27(34)19(2)33-28(35)25-15-20(16-30-25)14-22-10-6-7-11-24(22)21-8-4-3-5-9-21;2*3-2(4,5)1(6)7/h3-13,19-20,25,30H,14-17H2,1-2H3,(H2,29,32)(H,31,34)(H,33,35);2*(H,6,7)/t19-,20-,25+;;/m0../s1. The van der Waals surface area contributed by atoms with Gasteiger partial charge in [-0.05, 0) is 67.5 Å². The number of pyridine rings is 1. The number of alkyl halides is 6. The number of nitrogen functional groups attached to an aromatic ring is 1. The van der Waals surface area contributed by atoms with Crippen LogP contribution in [-0.4, -0.2) is 69.9 Å². The van der Waals surface area contributed by atoms with Gasteiger partial charge in [-0.2, -0.15) is 26.3 Å². The number of carboxylic acids is 2. The summed E-state index contributed by atoms with van der Waals surface area (Å²) in [5.41, 5.74) is 11.1. The summed E-state index contributed by atoms with van der Waals surface area (Å²) in [6.45, 7) is 4.65. The number of aryl methyl sites for hydroxylation is 1. The van der Waals surface area contributed by atoms with Crippen molar-refractivity contribution in [2.24, 2.45) is 5.92 Å². The van der Waals surface area contributed by atoms with E-state index in [1.54, 1.807) is 13.0 Å². The lowest BCUT2D eigenvalue weighted by Crippen LogP contribution is -2.50. The Morgan fingerprint density at radius 3 is 2.00 bits per heavy atom. The van der Waals surface area contributed by atoms with Crippen molar-refractivity contribution in [3.05, 3.63) is 83.6 Å². The van der Waals surface area contributed by atoms with Crippen molar-refractivity contribution in [2.45, 2.75) is 57.7 Å². The molecule has 1 aromatic heterocycles. The maximum atomic E-state index is 12.8. The molecule has 1 saturated heterocycles. The first-order chi connectivity index (χ1) is 22.8. The summed E-state index contributed by atoms with van der Waals surface area (Å²) >= 11 is 0. The Balaban J connectivity index is 0.000000500. The molecule has 7 N–H and O–H groups in total. The number of amides is 2. The summed E-state index contributed by atoms with van der Waals surface area (Å²) in [7, 11) is 0. The lowest BCUT2D eigenvalue weighted by Gasteiger charge is -2.18. The van der Waals surface area contributed by atoms with Crippen LogP contribution in [0.15, 0.2) is 66.7 Å². The fourth-order valence-electron chi connectivity index (χ4n) is 4.58. The molecule has 17 heteroatoms. The molecule has 1 fully saturated rings. The number of nitrogens with two attached hydrogens (primary N) is 1. The van der Waals surface area contributed by atoms with Crippen LogP contribution in [0.4, 0.5) is 32.2 Å². The summed E-state index contributed by atoms with van der Waals surface area (Å²) in [6, 6.07) is 21.4. The van der Waals surface area contributed by atoms with Crippen LogP contribution in [0.2, 0.25) is 0 Å². The van der Waals surface area contributed by atoms with Gasteiger partial charge in [-0.3, -0.25) is 9.59 Å². The largest absolute Gasteiger partial charge is 0.490 e. The smallest absolute Gasteiger partial charge is 0.475 e. The molecule has 3 aromatic rings. The Morgan fingerprint density at radius 2 is 1.45 bits per heavy atom. The third-order valence-corrected chi connectivity index (χ3v) is 7.06. The molecule has 11 nitrogen and oxygen atoms in total. The molecular formula is C32H35F6N5O6. The van der Waals surface area contributed by atoms with Crippen molar-refractivity contribution in [1.29, 1.82) is 0 Å². The second-order valence-corrected chi connectivity index (χ2v) is 10.8. The molecule has 0 bridgehead atoms. The van der Waals surface area contributed by atoms with E-state index in [4.69, 9.17) is 25.5 Å². The van der Waals surface area contributed by atoms with Gasteiger partial charge in [0.1, 0.15) is 11.9 Å². The van der Waals surface area contributed by atoms with E-state index in [9.17, 15) is 35.9 Å². The van der Waals surface area contributed by atoms with Gasteiger partial charge in [-0.25, -0.2) is 14.6 Å². The zero-order valence-electron chi connectivity index (χ0n) is 26.2. The van der Waals surface area contributed by atoms with Gasteiger partial charge < -0.3 is 31.9 Å². The molecule has 266 valence electrons. The van der Waals surface area contributed by atoms with E-state index in [0.717, 1.165) is 30.6 Å². The van der Waals surface area contributed by atoms with Crippen LogP contribution in [0, 0.1) is 12.8 Å². The molecule has 49 heavy (non-hydrogen) atoms. The Hall–Kier alpha value is -5.19. The fraction of sp³-hybridized carbons (Fsp3) is 0.344. The van der Waals surface area contributed by atoms with Crippen LogP contribution in [0.3, 0.4) is 0 Å². The van der Waals surface area contributed by atoms with E-state index in [1.165, 1.54) is 16.7 Å². The van der Waals surface area contributed by atoms with Crippen molar-refractivity contribution < 1.29 is 55.7 Å². The summed E-state index contributed by atoms with van der Waals surface area (Å²) in [5, 5.41) is 23.3. The lowest BCUT2D eigenvalue weighted by molar-refractivity contribution is -0.193.